The minimum absolute atomic E-state index is 0.247. The molecule has 190 valence electrons. The average molecular weight is 503 g/mol. The van der Waals surface area contributed by atoms with Crippen LogP contribution in [0, 0.1) is 5.82 Å². The number of aryl methyl sites for hydroxylation is 1. The van der Waals surface area contributed by atoms with Gasteiger partial charge in [-0.1, -0.05) is 18.2 Å². The highest BCUT2D eigenvalue weighted by molar-refractivity contribution is 7.89. The van der Waals surface area contributed by atoms with Crippen molar-refractivity contribution >= 4 is 20.9 Å². The van der Waals surface area contributed by atoms with Crippen molar-refractivity contribution in [2.24, 2.45) is 0 Å². The molecule has 0 amide bonds. The molecule has 2 N–H and O–H groups in total. The fourth-order valence-electron chi connectivity index (χ4n) is 4.79. The van der Waals surface area contributed by atoms with Gasteiger partial charge in [-0.3, -0.25) is 0 Å². The molecular weight excluding hydrogens is 467 g/mol. The monoisotopic (exact) mass is 502 g/mol. The van der Waals surface area contributed by atoms with Gasteiger partial charge in [0.2, 0.25) is 10.0 Å². The predicted molar refractivity (Wildman–Crippen MR) is 136 cm³/mol. The first kappa shape index (κ1) is 25.6. The van der Waals surface area contributed by atoms with Crippen LogP contribution in [0.4, 0.5) is 4.39 Å². The maximum Gasteiger partial charge on any atom is 0.240 e. The van der Waals surface area contributed by atoms with E-state index in [1.54, 1.807) is 41.1 Å². The Balaban J connectivity index is 1.32. The van der Waals surface area contributed by atoms with E-state index in [9.17, 15) is 12.8 Å². The minimum Gasteiger partial charge on any atom is -0.414 e. The molecule has 0 unspecified atom stereocenters. The van der Waals surface area contributed by atoms with Crippen molar-refractivity contribution in [1.29, 1.82) is 0 Å². The summed E-state index contributed by atoms with van der Waals surface area (Å²) in [6.45, 7) is 8.31. The molecule has 2 atom stereocenters. The molecular formula is C26H35FN4O3S. The van der Waals surface area contributed by atoms with E-state index in [0.29, 0.717) is 38.1 Å². The molecule has 1 aliphatic rings. The SMILES string of the molecule is C[C@@H]1CN(CCCOn2cc(CCCNS(=O)(=O)c3ccccc3)c3cc(F)ccc32)C[C@H](C)N1. The Hall–Kier alpha value is -2.46. The fraction of sp³-hybridized carbons (Fsp3) is 0.462. The first-order valence-electron chi connectivity index (χ1n) is 12.3. The zero-order chi connectivity index (χ0) is 24.8. The molecule has 9 heteroatoms. The Kier molecular flexibility index (Phi) is 8.43. The maximum absolute atomic E-state index is 14.0. The number of hydrogen-bond acceptors (Lipinski definition) is 5. The highest BCUT2D eigenvalue weighted by Crippen LogP contribution is 2.23. The quantitative estimate of drug-likeness (QED) is 0.394. The molecule has 4 rings (SSSR count). The smallest absolute Gasteiger partial charge is 0.240 e. The van der Waals surface area contributed by atoms with Gasteiger partial charge in [0.1, 0.15) is 12.4 Å². The van der Waals surface area contributed by atoms with Crippen molar-refractivity contribution in [1.82, 2.24) is 19.7 Å². The van der Waals surface area contributed by atoms with Gasteiger partial charge >= 0.3 is 0 Å². The van der Waals surface area contributed by atoms with Gasteiger partial charge in [0.05, 0.1) is 10.4 Å². The van der Waals surface area contributed by atoms with E-state index < -0.39 is 10.0 Å². The number of fused-ring (bicyclic) bond motifs is 1. The molecule has 1 saturated heterocycles. The summed E-state index contributed by atoms with van der Waals surface area (Å²) in [6.07, 6.45) is 3.98. The first-order chi connectivity index (χ1) is 16.8. The lowest BCUT2D eigenvalue weighted by Gasteiger charge is -2.36. The summed E-state index contributed by atoms with van der Waals surface area (Å²) in [5.74, 6) is -0.303. The van der Waals surface area contributed by atoms with E-state index in [0.717, 1.165) is 42.5 Å². The highest BCUT2D eigenvalue weighted by atomic mass is 32.2. The van der Waals surface area contributed by atoms with Crippen molar-refractivity contribution in [2.75, 3.05) is 32.8 Å². The predicted octanol–water partition coefficient (Wildman–Crippen LogP) is 3.19. The molecule has 0 radical (unpaired) electrons. The fourth-order valence-corrected chi connectivity index (χ4v) is 5.88. The van der Waals surface area contributed by atoms with Gasteiger partial charge in [-0.05, 0) is 69.0 Å². The van der Waals surface area contributed by atoms with Crippen molar-refractivity contribution in [3.63, 3.8) is 0 Å². The van der Waals surface area contributed by atoms with E-state index in [2.05, 4.69) is 28.8 Å². The van der Waals surface area contributed by atoms with Crippen LogP contribution in [0.25, 0.3) is 10.9 Å². The van der Waals surface area contributed by atoms with E-state index in [4.69, 9.17) is 4.84 Å². The summed E-state index contributed by atoms with van der Waals surface area (Å²) in [4.78, 5) is 8.75. The van der Waals surface area contributed by atoms with Crippen LogP contribution in [-0.2, 0) is 16.4 Å². The highest BCUT2D eigenvalue weighted by Gasteiger charge is 2.20. The third kappa shape index (κ3) is 6.82. The van der Waals surface area contributed by atoms with Crippen LogP contribution in [0.2, 0.25) is 0 Å². The summed E-state index contributed by atoms with van der Waals surface area (Å²) in [7, 11) is -3.54. The third-order valence-electron chi connectivity index (χ3n) is 6.27. The van der Waals surface area contributed by atoms with Crippen LogP contribution in [0.1, 0.15) is 32.3 Å². The molecule has 3 aromatic rings. The number of aromatic nitrogens is 1. The molecule has 35 heavy (non-hydrogen) atoms. The van der Waals surface area contributed by atoms with E-state index >= 15 is 0 Å². The molecule has 0 saturated carbocycles. The Morgan fingerprint density at radius 3 is 2.57 bits per heavy atom. The molecule has 2 heterocycles. The number of benzene rings is 2. The Morgan fingerprint density at radius 2 is 1.83 bits per heavy atom. The average Bonchev–Trinajstić information content (AvgIpc) is 3.16. The Morgan fingerprint density at radius 1 is 1.09 bits per heavy atom. The lowest BCUT2D eigenvalue weighted by molar-refractivity contribution is 0.0996. The normalized spacial score (nSPS) is 19.3. The molecule has 0 aliphatic carbocycles. The number of sulfonamides is 1. The second kappa shape index (κ2) is 11.5. The number of nitrogens with one attached hydrogen (secondary N) is 2. The van der Waals surface area contributed by atoms with Gasteiger partial charge in [-0.2, -0.15) is 4.73 Å². The van der Waals surface area contributed by atoms with Crippen molar-refractivity contribution < 1.29 is 17.6 Å². The van der Waals surface area contributed by atoms with Crippen LogP contribution >= 0.6 is 0 Å². The molecule has 1 aromatic heterocycles. The van der Waals surface area contributed by atoms with Gasteiger partial charge in [0, 0.05) is 49.8 Å². The molecule has 0 bridgehead atoms. The standard InChI is InChI=1S/C26H35FN4O3S/c1-20-17-30(18-21(2)29-20)14-7-15-34-31-19-22(25-16-23(27)11-12-26(25)31)8-6-13-28-35(32,33)24-9-4-3-5-10-24/h3-5,9-12,16,19-21,28-29H,6-8,13-15,17-18H2,1-2H3/t20-,21+. The zero-order valence-electron chi connectivity index (χ0n) is 20.4. The van der Waals surface area contributed by atoms with Crippen LogP contribution in [-0.4, -0.2) is 62.9 Å². The van der Waals surface area contributed by atoms with Crippen molar-refractivity contribution in [3.05, 3.63) is 66.1 Å². The van der Waals surface area contributed by atoms with Crippen molar-refractivity contribution in [2.45, 2.75) is 50.1 Å². The lowest BCUT2D eigenvalue weighted by Crippen LogP contribution is -2.54. The van der Waals surface area contributed by atoms with Gasteiger partial charge in [0.15, 0.2) is 0 Å². The molecule has 0 spiro atoms. The van der Waals surface area contributed by atoms with Crippen LogP contribution in [0.5, 0.6) is 0 Å². The van der Waals surface area contributed by atoms with Crippen LogP contribution < -0.4 is 14.9 Å². The number of piperazine rings is 1. The van der Waals surface area contributed by atoms with Gasteiger partial charge in [-0.15, -0.1) is 0 Å². The van der Waals surface area contributed by atoms with E-state index in [1.165, 1.54) is 12.1 Å². The largest absolute Gasteiger partial charge is 0.414 e. The topological polar surface area (TPSA) is 75.6 Å². The second-order valence-electron chi connectivity index (χ2n) is 9.37. The van der Waals surface area contributed by atoms with Gasteiger partial charge in [-0.25, -0.2) is 17.5 Å². The van der Waals surface area contributed by atoms with E-state index in [-0.39, 0.29) is 10.7 Å². The molecule has 2 aromatic carbocycles. The summed E-state index contributed by atoms with van der Waals surface area (Å²) >= 11 is 0. The number of halogens is 1. The second-order valence-corrected chi connectivity index (χ2v) is 11.1. The maximum atomic E-state index is 14.0. The number of rotatable bonds is 11. The Bertz CT molecular complexity index is 1210. The molecule has 7 nitrogen and oxygen atoms in total. The molecule has 1 fully saturated rings. The van der Waals surface area contributed by atoms with E-state index in [1.807, 2.05) is 6.20 Å². The number of hydrogen-bond donors (Lipinski definition) is 2. The molecule has 1 aliphatic heterocycles. The number of nitrogens with zero attached hydrogens (tertiary/aromatic N) is 2. The summed E-state index contributed by atoms with van der Waals surface area (Å²) in [6, 6.07) is 14.0. The van der Waals surface area contributed by atoms with Gasteiger partial charge < -0.3 is 15.1 Å². The summed E-state index contributed by atoms with van der Waals surface area (Å²) < 4.78 is 43.2. The summed E-state index contributed by atoms with van der Waals surface area (Å²) in [5, 5.41) is 4.34. The summed E-state index contributed by atoms with van der Waals surface area (Å²) in [5.41, 5.74) is 1.75. The Labute approximate surface area is 207 Å². The lowest BCUT2D eigenvalue weighted by atomic mass is 10.1. The minimum atomic E-state index is -3.54. The van der Waals surface area contributed by atoms with Crippen LogP contribution in [0.15, 0.2) is 59.6 Å². The van der Waals surface area contributed by atoms with Crippen LogP contribution in [0.3, 0.4) is 0 Å². The van der Waals surface area contributed by atoms with Crippen molar-refractivity contribution in [3.8, 4) is 0 Å². The zero-order valence-corrected chi connectivity index (χ0v) is 21.2. The first-order valence-corrected chi connectivity index (χ1v) is 13.8. The third-order valence-corrected chi connectivity index (χ3v) is 7.74. The van der Waals surface area contributed by atoms with Gasteiger partial charge in [0.25, 0.3) is 0 Å².